The Labute approximate surface area is 319 Å². The number of para-hydroxylation sites is 2. The quantitative estimate of drug-likeness (QED) is 0.160. The lowest BCUT2D eigenvalue weighted by molar-refractivity contribution is 1.28. The standard InChI is InChI=1S/C52H35NS/c1-2-13-36(14-3-1)37-25-27-38(28-26-37)39-29-32-42(33-30-39)53(50-23-10-7-19-46(50)45-21-12-16-40-15-4-5-17-43(40)45)49-22-9-6-18-44(49)41-31-34-48-47-20-8-11-24-51(47)54-52(48)35-41/h1-35H. The molecular weight excluding hydrogens is 671 g/mol. The van der Waals surface area contributed by atoms with Crippen LogP contribution in [0.25, 0.3) is 75.5 Å². The number of hydrogen-bond acceptors (Lipinski definition) is 2. The second kappa shape index (κ2) is 13.7. The number of fused-ring (bicyclic) bond motifs is 4. The van der Waals surface area contributed by atoms with Crippen LogP contribution in [-0.2, 0) is 0 Å². The largest absolute Gasteiger partial charge is 0.309 e. The molecule has 1 nitrogen and oxygen atoms in total. The zero-order valence-electron chi connectivity index (χ0n) is 29.6. The highest BCUT2D eigenvalue weighted by atomic mass is 32.1. The Balaban J connectivity index is 1.13. The molecule has 10 aromatic rings. The number of nitrogens with zero attached hydrogens (tertiary/aromatic N) is 1. The van der Waals surface area contributed by atoms with Crippen LogP contribution in [0, 0.1) is 0 Å². The predicted octanol–water partition coefficient (Wildman–Crippen LogP) is 15.3. The molecule has 9 aromatic carbocycles. The second-order valence-electron chi connectivity index (χ2n) is 13.7. The molecule has 1 heterocycles. The minimum absolute atomic E-state index is 1.10. The van der Waals surface area contributed by atoms with Crippen LogP contribution < -0.4 is 4.90 Å². The van der Waals surface area contributed by atoms with E-state index >= 15 is 0 Å². The van der Waals surface area contributed by atoms with Gasteiger partial charge in [-0.15, -0.1) is 11.3 Å². The van der Waals surface area contributed by atoms with E-state index in [-0.39, 0.29) is 0 Å². The first-order valence-corrected chi connectivity index (χ1v) is 19.2. The van der Waals surface area contributed by atoms with Crippen LogP contribution in [0.3, 0.4) is 0 Å². The van der Waals surface area contributed by atoms with Gasteiger partial charge in [0.25, 0.3) is 0 Å². The SMILES string of the molecule is c1ccc(-c2ccc(-c3ccc(N(c4ccccc4-c4ccc5c(c4)sc4ccccc45)c4ccccc4-c4cccc5ccccc45)cc3)cc2)cc1. The van der Waals surface area contributed by atoms with E-state index in [4.69, 9.17) is 0 Å². The first-order valence-electron chi connectivity index (χ1n) is 18.4. The third-order valence-corrected chi connectivity index (χ3v) is 11.6. The molecular formula is C52H35NS. The fourth-order valence-electron chi connectivity index (χ4n) is 7.86. The van der Waals surface area contributed by atoms with Crippen molar-refractivity contribution in [1.29, 1.82) is 0 Å². The third-order valence-electron chi connectivity index (χ3n) is 10.5. The van der Waals surface area contributed by atoms with Gasteiger partial charge in [0.05, 0.1) is 11.4 Å². The van der Waals surface area contributed by atoms with E-state index in [0.717, 1.165) is 17.1 Å². The van der Waals surface area contributed by atoms with Gasteiger partial charge >= 0.3 is 0 Å². The molecule has 0 aliphatic rings. The molecule has 0 aliphatic carbocycles. The lowest BCUT2D eigenvalue weighted by atomic mass is 9.95. The highest BCUT2D eigenvalue weighted by Gasteiger charge is 2.21. The third kappa shape index (κ3) is 5.74. The molecule has 2 heteroatoms. The van der Waals surface area contributed by atoms with E-state index in [2.05, 4.69) is 217 Å². The summed E-state index contributed by atoms with van der Waals surface area (Å²) in [6, 6.07) is 77.2. The van der Waals surface area contributed by atoms with Crippen LogP contribution in [0.2, 0.25) is 0 Å². The van der Waals surface area contributed by atoms with Gasteiger partial charge in [-0.3, -0.25) is 0 Å². The second-order valence-corrected chi connectivity index (χ2v) is 14.8. The van der Waals surface area contributed by atoms with E-state index < -0.39 is 0 Å². The normalized spacial score (nSPS) is 11.3. The minimum atomic E-state index is 1.10. The summed E-state index contributed by atoms with van der Waals surface area (Å²) in [5.41, 5.74) is 13.0. The summed E-state index contributed by atoms with van der Waals surface area (Å²) in [5, 5.41) is 5.10. The molecule has 0 saturated carbocycles. The lowest BCUT2D eigenvalue weighted by Crippen LogP contribution is -2.12. The Kier molecular flexibility index (Phi) is 8.09. The zero-order chi connectivity index (χ0) is 35.8. The average molecular weight is 706 g/mol. The lowest BCUT2D eigenvalue weighted by Gasteiger charge is -2.30. The fraction of sp³-hybridized carbons (Fsp3) is 0. The van der Waals surface area contributed by atoms with Gasteiger partial charge in [0.2, 0.25) is 0 Å². The summed E-state index contributed by atoms with van der Waals surface area (Å²) >= 11 is 1.86. The smallest absolute Gasteiger partial charge is 0.0540 e. The van der Waals surface area contributed by atoms with Crippen LogP contribution >= 0.6 is 11.3 Å². The molecule has 1 aromatic heterocycles. The van der Waals surface area contributed by atoms with E-state index in [9.17, 15) is 0 Å². The van der Waals surface area contributed by atoms with Gasteiger partial charge in [0.15, 0.2) is 0 Å². The van der Waals surface area contributed by atoms with Crippen molar-refractivity contribution in [3.05, 3.63) is 212 Å². The maximum atomic E-state index is 2.45. The molecule has 54 heavy (non-hydrogen) atoms. The molecule has 0 radical (unpaired) electrons. The molecule has 10 rings (SSSR count). The molecule has 254 valence electrons. The van der Waals surface area contributed by atoms with Gasteiger partial charge in [0, 0.05) is 37.0 Å². The summed E-state index contributed by atoms with van der Waals surface area (Å²) in [7, 11) is 0. The highest BCUT2D eigenvalue weighted by molar-refractivity contribution is 7.25. The number of hydrogen-bond donors (Lipinski definition) is 0. The summed E-state index contributed by atoms with van der Waals surface area (Å²) in [6.45, 7) is 0. The first kappa shape index (κ1) is 32.0. The van der Waals surface area contributed by atoms with Crippen LogP contribution in [0.1, 0.15) is 0 Å². The molecule has 0 spiro atoms. The van der Waals surface area contributed by atoms with E-state index in [1.165, 1.54) is 75.5 Å². The zero-order valence-corrected chi connectivity index (χ0v) is 30.4. The van der Waals surface area contributed by atoms with Gasteiger partial charge in [-0.2, -0.15) is 0 Å². The predicted molar refractivity (Wildman–Crippen MR) is 233 cm³/mol. The Bertz CT molecular complexity index is 2920. The van der Waals surface area contributed by atoms with Crippen LogP contribution in [0.4, 0.5) is 17.1 Å². The van der Waals surface area contributed by atoms with Crippen molar-refractivity contribution < 1.29 is 0 Å². The molecule has 0 fully saturated rings. The number of rotatable bonds is 7. The van der Waals surface area contributed by atoms with E-state index in [1.54, 1.807) is 0 Å². The van der Waals surface area contributed by atoms with Crippen LogP contribution in [0.5, 0.6) is 0 Å². The van der Waals surface area contributed by atoms with Crippen molar-refractivity contribution in [3.63, 3.8) is 0 Å². The summed E-state index contributed by atoms with van der Waals surface area (Å²) in [5.74, 6) is 0. The van der Waals surface area contributed by atoms with Gasteiger partial charge < -0.3 is 4.90 Å². The average Bonchev–Trinajstić information content (AvgIpc) is 3.63. The van der Waals surface area contributed by atoms with Crippen molar-refractivity contribution in [2.75, 3.05) is 4.90 Å². The van der Waals surface area contributed by atoms with E-state index in [0.29, 0.717) is 0 Å². The fourth-order valence-corrected chi connectivity index (χ4v) is 9.00. The summed E-state index contributed by atoms with van der Waals surface area (Å²) in [4.78, 5) is 2.45. The monoisotopic (exact) mass is 705 g/mol. The van der Waals surface area contributed by atoms with Gasteiger partial charge in [-0.25, -0.2) is 0 Å². The van der Waals surface area contributed by atoms with Gasteiger partial charge in [-0.05, 0) is 80.6 Å². The Morgan fingerprint density at radius 1 is 0.296 bits per heavy atom. The van der Waals surface area contributed by atoms with E-state index in [1.807, 2.05) is 11.3 Å². The molecule has 0 N–H and O–H groups in total. The molecule has 0 aliphatic heterocycles. The Morgan fingerprint density at radius 3 is 1.56 bits per heavy atom. The van der Waals surface area contributed by atoms with Crippen LogP contribution in [-0.4, -0.2) is 0 Å². The molecule has 0 unspecified atom stereocenters. The maximum absolute atomic E-state index is 2.45. The van der Waals surface area contributed by atoms with Crippen molar-refractivity contribution in [1.82, 2.24) is 0 Å². The number of thiophene rings is 1. The molecule has 0 atom stereocenters. The topological polar surface area (TPSA) is 3.24 Å². The van der Waals surface area contributed by atoms with Crippen molar-refractivity contribution >= 4 is 59.3 Å². The van der Waals surface area contributed by atoms with Crippen molar-refractivity contribution in [2.24, 2.45) is 0 Å². The van der Waals surface area contributed by atoms with Crippen molar-refractivity contribution in [2.45, 2.75) is 0 Å². The van der Waals surface area contributed by atoms with Gasteiger partial charge in [-0.1, -0.05) is 176 Å². The summed E-state index contributed by atoms with van der Waals surface area (Å²) < 4.78 is 2.62. The Hall–Kier alpha value is -6.74. The summed E-state index contributed by atoms with van der Waals surface area (Å²) in [6.07, 6.45) is 0. The van der Waals surface area contributed by atoms with Crippen molar-refractivity contribution in [3.8, 4) is 44.5 Å². The number of benzene rings is 9. The number of anilines is 3. The molecule has 0 amide bonds. The Morgan fingerprint density at radius 2 is 0.796 bits per heavy atom. The van der Waals surface area contributed by atoms with Gasteiger partial charge in [0.1, 0.15) is 0 Å². The highest BCUT2D eigenvalue weighted by Crippen LogP contribution is 2.47. The minimum Gasteiger partial charge on any atom is -0.309 e. The molecule has 0 bridgehead atoms. The first-order chi connectivity index (χ1) is 26.8. The molecule has 0 saturated heterocycles. The maximum Gasteiger partial charge on any atom is 0.0540 e. The van der Waals surface area contributed by atoms with Crippen LogP contribution in [0.15, 0.2) is 212 Å².